The molecule has 1 aliphatic heterocycles. The molecule has 1 atom stereocenters. The van der Waals surface area contributed by atoms with E-state index in [0.717, 1.165) is 24.3 Å². The van der Waals surface area contributed by atoms with Gasteiger partial charge in [0.05, 0.1) is 17.4 Å². The molecular formula is C14H17N3. The minimum Gasteiger partial charge on any atom is -0.382 e. The van der Waals surface area contributed by atoms with Gasteiger partial charge in [-0.05, 0) is 31.5 Å². The number of para-hydroxylation sites is 1. The third-order valence-corrected chi connectivity index (χ3v) is 3.31. The van der Waals surface area contributed by atoms with Crippen LogP contribution in [0, 0.1) is 0 Å². The first-order valence-electron chi connectivity index (χ1n) is 6.24. The highest BCUT2D eigenvalue weighted by Crippen LogP contribution is 2.16. The van der Waals surface area contributed by atoms with E-state index in [-0.39, 0.29) is 0 Å². The van der Waals surface area contributed by atoms with Gasteiger partial charge in [-0.15, -0.1) is 0 Å². The second kappa shape index (κ2) is 4.72. The third kappa shape index (κ3) is 2.39. The summed E-state index contributed by atoms with van der Waals surface area (Å²) in [5.74, 6) is 0. The zero-order valence-corrected chi connectivity index (χ0v) is 9.82. The van der Waals surface area contributed by atoms with E-state index in [1.54, 1.807) is 0 Å². The Labute approximate surface area is 101 Å². The van der Waals surface area contributed by atoms with Crippen LogP contribution in [0.2, 0.25) is 0 Å². The van der Waals surface area contributed by atoms with Gasteiger partial charge in [-0.1, -0.05) is 18.2 Å². The summed E-state index contributed by atoms with van der Waals surface area (Å²) in [6, 6.07) is 11.0. The van der Waals surface area contributed by atoms with Crippen molar-refractivity contribution in [2.75, 3.05) is 18.4 Å². The molecule has 3 heteroatoms. The van der Waals surface area contributed by atoms with Gasteiger partial charge in [0.2, 0.25) is 0 Å². The van der Waals surface area contributed by atoms with E-state index in [0.29, 0.717) is 6.04 Å². The fourth-order valence-corrected chi connectivity index (χ4v) is 2.34. The number of benzene rings is 1. The molecule has 2 aromatic rings. The fourth-order valence-electron chi connectivity index (χ4n) is 2.34. The second-order valence-corrected chi connectivity index (χ2v) is 4.59. The molecule has 2 N–H and O–H groups in total. The first-order valence-corrected chi connectivity index (χ1v) is 6.24. The van der Waals surface area contributed by atoms with Crippen molar-refractivity contribution < 1.29 is 0 Å². The predicted molar refractivity (Wildman–Crippen MR) is 71.3 cm³/mol. The lowest BCUT2D eigenvalue weighted by Gasteiger charge is -2.12. The Kier molecular flexibility index (Phi) is 2.92. The number of nitrogens with one attached hydrogen (secondary N) is 2. The van der Waals surface area contributed by atoms with Gasteiger partial charge in [0, 0.05) is 18.0 Å². The normalized spacial score (nSPS) is 19.6. The topological polar surface area (TPSA) is 37.0 Å². The maximum atomic E-state index is 4.44. The van der Waals surface area contributed by atoms with E-state index in [9.17, 15) is 0 Å². The molecule has 1 aromatic heterocycles. The van der Waals surface area contributed by atoms with Crippen LogP contribution in [0.3, 0.4) is 0 Å². The maximum absolute atomic E-state index is 4.44. The van der Waals surface area contributed by atoms with E-state index in [1.165, 1.54) is 18.2 Å². The quantitative estimate of drug-likeness (QED) is 0.845. The summed E-state index contributed by atoms with van der Waals surface area (Å²) in [5, 5.41) is 8.13. The molecule has 0 saturated carbocycles. The predicted octanol–water partition coefficient (Wildman–Crippen LogP) is 2.40. The summed E-state index contributed by atoms with van der Waals surface area (Å²) in [6.07, 6.45) is 4.48. The van der Waals surface area contributed by atoms with E-state index in [4.69, 9.17) is 0 Å². The van der Waals surface area contributed by atoms with Gasteiger partial charge < -0.3 is 10.6 Å². The highest BCUT2D eigenvalue weighted by molar-refractivity contribution is 5.81. The molecule has 1 aromatic carbocycles. The molecule has 0 radical (unpaired) electrons. The Morgan fingerprint density at radius 2 is 2.29 bits per heavy atom. The third-order valence-electron chi connectivity index (χ3n) is 3.31. The van der Waals surface area contributed by atoms with E-state index in [2.05, 4.69) is 27.8 Å². The van der Waals surface area contributed by atoms with Crippen molar-refractivity contribution in [1.29, 1.82) is 0 Å². The molecule has 0 spiro atoms. The lowest BCUT2D eigenvalue weighted by atomic mass is 10.2. The minimum absolute atomic E-state index is 0.612. The Hall–Kier alpha value is -1.61. The maximum Gasteiger partial charge on any atom is 0.0703 e. The van der Waals surface area contributed by atoms with Crippen LogP contribution in [0.25, 0.3) is 10.9 Å². The standard InChI is InChI=1S/C14H17N3/c1-2-6-14-11(4-1)8-13(10-17-14)16-9-12-5-3-7-15-12/h1-2,4,6,8,10,12,15-16H,3,5,7,9H2. The molecular weight excluding hydrogens is 210 g/mol. The smallest absolute Gasteiger partial charge is 0.0703 e. The number of rotatable bonds is 3. The Morgan fingerprint density at radius 3 is 3.18 bits per heavy atom. The van der Waals surface area contributed by atoms with Gasteiger partial charge >= 0.3 is 0 Å². The highest BCUT2D eigenvalue weighted by Gasteiger charge is 2.13. The van der Waals surface area contributed by atoms with Crippen LogP contribution in [-0.2, 0) is 0 Å². The summed E-state index contributed by atoms with van der Waals surface area (Å²) in [6.45, 7) is 2.14. The molecule has 3 nitrogen and oxygen atoms in total. The summed E-state index contributed by atoms with van der Waals surface area (Å²) in [5.41, 5.74) is 2.16. The molecule has 88 valence electrons. The van der Waals surface area contributed by atoms with Crippen molar-refractivity contribution in [3.8, 4) is 0 Å². The largest absolute Gasteiger partial charge is 0.382 e. The Bertz CT molecular complexity index is 504. The van der Waals surface area contributed by atoms with Crippen LogP contribution in [0.4, 0.5) is 5.69 Å². The molecule has 1 fully saturated rings. The zero-order valence-electron chi connectivity index (χ0n) is 9.82. The molecule has 0 amide bonds. The summed E-state index contributed by atoms with van der Waals surface area (Å²) >= 11 is 0. The fraction of sp³-hybridized carbons (Fsp3) is 0.357. The Balaban J connectivity index is 1.72. The number of pyridine rings is 1. The molecule has 3 rings (SSSR count). The zero-order chi connectivity index (χ0) is 11.5. The lowest BCUT2D eigenvalue weighted by Crippen LogP contribution is -2.29. The first-order chi connectivity index (χ1) is 8.42. The molecule has 0 bridgehead atoms. The monoisotopic (exact) mass is 227 g/mol. The van der Waals surface area contributed by atoms with Gasteiger partial charge in [0.15, 0.2) is 0 Å². The van der Waals surface area contributed by atoms with Crippen molar-refractivity contribution in [2.24, 2.45) is 0 Å². The number of hydrogen-bond acceptors (Lipinski definition) is 3. The SMILES string of the molecule is c1ccc2ncc(NCC3CCCN3)cc2c1. The van der Waals surface area contributed by atoms with Crippen molar-refractivity contribution in [2.45, 2.75) is 18.9 Å². The molecule has 17 heavy (non-hydrogen) atoms. The van der Waals surface area contributed by atoms with Gasteiger partial charge in [-0.3, -0.25) is 4.98 Å². The van der Waals surface area contributed by atoms with E-state index < -0.39 is 0 Å². The highest BCUT2D eigenvalue weighted by atomic mass is 15.0. The molecule has 1 unspecified atom stereocenters. The van der Waals surface area contributed by atoms with E-state index >= 15 is 0 Å². The van der Waals surface area contributed by atoms with Crippen molar-refractivity contribution in [1.82, 2.24) is 10.3 Å². The summed E-state index contributed by atoms with van der Waals surface area (Å²) < 4.78 is 0. The average Bonchev–Trinajstić information content (AvgIpc) is 2.89. The Morgan fingerprint density at radius 1 is 1.35 bits per heavy atom. The number of nitrogens with zero attached hydrogens (tertiary/aromatic N) is 1. The first kappa shape index (κ1) is 10.5. The number of aromatic nitrogens is 1. The van der Waals surface area contributed by atoms with Crippen molar-refractivity contribution >= 4 is 16.6 Å². The van der Waals surface area contributed by atoms with Gasteiger partial charge in [-0.25, -0.2) is 0 Å². The molecule has 1 saturated heterocycles. The average molecular weight is 227 g/mol. The number of hydrogen-bond donors (Lipinski definition) is 2. The molecule has 0 aliphatic carbocycles. The van der Waals surface area contributed by atoms with Gasteiger partial charge in [-0.2, -0.15) is 0 Å². The molecule has 1 aliphatic rings. The second-order valence-electron chi connectivity index (χ2n) is 4.59. The minimum atomic E-state index is 0.612. The van der Waals surface area contributed by atoms with Crippen molar-refractivity contribution in [3.63, 3.8) is 0 Å². The summed E-state index contributed by atoms with van der Waals surface area (Å²) in [7, 11) is 0. The van der Waals surface area contributed by atoms with Crippen LogP contribution < -0.4 is 10.6 Å². The van der Waals surface area contributed by atoms with E-state index in [1.807, 2.05) is 24.4 Å². The van der Waals surface area contributed by atoms with Crippen LogP contribution in [0.5, 0.6) is 0 Å². The van der Waals surface area contributed by atoms with Crippen LogP contribution in [0.1, 0.15) is 12.8 Å². The molecule has 2 heterocycles. The van der Waals surface area contributed by atoms with Gasteiger partial charge in [0.25, 0.3) is 0 Å². The lowest BCUT2D eigenvalue weighted by molar-refractivity contribution is 0.633. The summed E-state index contributed by atoms with van der Waals surface area (Å²) in [4.78, 5) is 4.44. The van der Waals surface area contributed by atoms with Gasteiger partial charge in [0.1, 0.15) is 0 Å². The van der Waals surface area contributed by atoms with Crippen LogP contribution in [0.15, 0.2) is 36.5 Å². The van der Waals surface area contributed by atoms with Crippen LogP contribution >= 0.6 is 0 Å². The number of anilines is 1. The number of fused-ring (bicyclic) bond motifs is 1. The van der Waals surface area contributed by atoms with Crippen molar-refractivity contribution in [3.05, 3.63) is 36.5 Å². The van der Waals surface area contributed by atoms with Crippen LogP contribution in [-0.4, -0.2) is 24.1 Å².